The summed E-state index contributed by atoms with van der Waals surface area (Å²) in [5.41, 5.74) is 0. The van der Waals surface area contributed by atoms with Crippen LogP contribution in [0.1, 0.15) is 12.8 Å². The second-order valence-electron chi connectivity index (χ2n) is 2.32. The maximum Gasteiger partial charge on any atom is 0.540 e. The molecule has 0 aromatic rings. The standard InChI is InChI=1S/C6H9IO3Si/c7-10-11(8,9)6-4-2-1-3-5-6/h2,4-5,8-9H,1,3H2. The van der Waals surface area contributed by atoms with Crippen molar-refractivity contribution < 1.29 is 12.3 Å². The second-order valence-corrected chi connectivity index (χ2v) is 5.59. The molecule has 0 aliphatic heterocycles. The Kier molecular flexibility index (Phi) is 3.25. The fourth-order valence-corrected chi connectivity index (χ4v) is 2.50. The van der Waals surface area contributed by atoms with Gasteiger partial charge >= 0.3 is 8.80 Å². The maximum absolute atomic E-state index is 9.29. The lowest BCUT2D eigenvalue weighted by Crippen LogP contribution is -2.38. The highest BCUT2D eigenvalue weighted by atomic mass is 127. The molecule has 3 nitrogen and oxygen atoms in total. The Balaban J connectivity index is 2.73. The van der Waals surface area contributed by atoms with Crippen LogP contribution in [0.15, 0.2) is 23.4 Å². The van der Waals surface area contributed by atoms with Crippen LogP contribution in [0.3, 0.4) is 0 Å². The van der Waals surface area contributed by atoms with Crippen LogP contribution in [-0.4, -0.2) is 18.4 Å². The minimum Gasteiger partial charge on any atom is -0.386 e. The molecule has 0 aromatic heterocycles. The summed E-state index contributed by atoms with van der Waals surface area (Å²) in [5, 5.41) is 0.540. The molecule has 0 heterocycles. The topological polar surface area (TPSA) is 49.7 Å². The zero-order valence-corrected chi connectivity index (χ0v) is 8.98. The van der Waals surface area contributed by atoms with Gasteiger partial charge in [-0.1, -0.05) is 18.2 Å². The van der Waals surface area contributed by atoms with Crippen LogP contribution in [0.2, 0.25) is 0 Å². The molecule has 0 bridgehead atoms. The Bertz CT molecular complexity index is 200. The van der Waals surface area contributed by atoms with Gasteiger partial charge in [0.1, 0.15) is 23.0 Å². The van der Waals surface area contributed by atoms with E-state index in [0.29, 0.717) is 5.20 Å². The Hall–Kier alpha value is 0.307. The first-order chi connectivity index (χ1) is 5.17. The molecule has 1 rings (SSSR count). The van der Waals surface area contributed by atoms with Gasteiger partial charge in [-0.25, -0.2) is 0 Å². The van der Waals surface area contributed by atoms with Crippen LogP contribution >= 0.6 is 23.0 Å². The first kappa shape index (κ1) is 9.40. The van der Waals surface area contributed by atoms with Crippen LogP contribution < -0.4 is 0 Å². The number of halogens is 1. The summed E-state index contributed by atoms with van der Waals surface area (Å²) in [6.07, 6.45) is 7.27. The maximum atomic E-state index is 9.29. The van der Waals surface area contributed by atoms with Crippen LogP contribution in [0.4, 0.5) is 0 Å². The molecule has 5 heteroatoms. The highest BCUT2D eigenvalue weighted by Crippen LogP contribution is 2.19. The Morgan fingerprint density at radius 1 is 1.45 bits per heavy atom. The van der Waals surface area contributed by atoms with Gasteiger partial charge in [-0.3, -0.25) is 0 Å². The SMILES string of the molecule is O[Si](O)(OI)C1=CCCC=C1. The Morgan fingerprint density at radius 3 is 2.64 bits per heavy atom. The fourth-order valence-electron chi connectivity index (χ4n) is 0.899. The number of hydrogen-bond donors (Lipinski definition) is 2. The summed E-state index contributed by atoms with van der Waals surface area (Å²) in [7, 11) is -3.52. The molecule has 0 fully saturated rings. The van der Waals surface area contributed by atoms with Gasteiger partial charge in [0, 0.05) is 5.20 Å². The zero-order valence-electron chi connectivity index (χ0n) is 5.83. The predicted molar refractivity (Wildman–Crippen MR) is 51.8 cm³/mol. The molecule has 62 valence electrons. The van der Waals surface area contributed by atoms with Crippen LogP contribution in [0, 0.1) is 0 Å². The molecule has 0 amide bonds. The molecule has 11 heavy (non-hydrogen) atoms. The number of hydrogen-bond acceptors (Lipinski definition) is 3. The third-order valence-corrected chi connectivity index (χ3v) is 4.66. The fraction of sp³-hybridized carbons (Fsp3) is 0.333. The third-order valence-electron chi connectivity index (χ3n) is 1.48. The van der Waals surface area contributed by atoms with Gasteiger partial charge in [-0.15, -0.1) is 0 Å². The van der Waals surface area contributed by atoms with Gasteiger partial charge in [0.2, 0.25) is 0 Å². The largest absolute Gasteiger partial charge is 0.540 e. The van der Waals surface area contributed by atoms with Crippen LogP contribution in [0.5, 0.6) is 0 Å². The summed E-state index contributed by atoms with van der Waals surface area (Å²) in [6, 6.07) is 0. The molecule has 0 unspecified atom stereocenters. The van der Waals surface area contributed by atoms with Gasteiger partial charge in [-0.2, -0.15) is 0 Å². The van der Waals surface area contributed by atoms with Crippen molar-refractivity contribution in [2.75, 3.05) is 0 Å². The van der Waals surface area contributed by atoms with E-state index >= 15 is 0 Å². The minimum atomic E-state index is -3.52. The zero-order chi connectivity index (χ0) is 8.32. The van der Waals surface area contributed by atoms with Crippen molar-refractivity contribution in [3.05, 3.63) is 23.4 Å². The first-order valence-electron chi connectivity index (χ1n) is 3.28. The van der Waals surface area contributed by atoms with Gasteiger partial charge in [0.25, 0.3) is 0 Å². The molecule has 2 N–H and O–H groups in total. The lowest BCUT2D eigenvalue weighted by Gasteiger charge is -2.15. The number of allylic oxidation sites excluding steroid dienone is 4. The molecule has 0 saturated carbocycles. The molecular weight excluding hydrogens is 275 g/mol. The van der Waals surface area contributed by atoms with E-state index < -0.39 is 8.80 Å². The molecular formula is C6H9IO3Si. The van der Waals surface area contributed by atoms with Gasteiger partial charge < -0.3 is 12.3 Å². The molecule has 0 aromatic carbocycles. The quantitative estimate of drug-likeness (QED) is 0.589. The average Bonchev–Trinajstić information content (AvgIpc) is 2.06. The van der Waals surface area contributed by atoms with E-state index in [2.05, 4.69) is 2.76 Å². The van der Waals surface area contributed by atoms with E-state index in [0.717, 1.165) is 12.8 Å². The highest BCUT2D eigenvalue weighted by molar-refractivity contribution is 14.1. The van der Waals surface area contributed by atoms with Crippen molar-refractivity contribution in [3.8, 4) is 0 Å². The molecule has 0 saturated heterocycles. The van der Waals surface area contributed by atoms with Crippen molar-refractivity contribution >= 4 is 31.8 Å². The van der Waals surface area contributed by atoms with E-state index in [4.69, 9.17) is 0 Å². The van der Waals surface area contributed by atoms with Crippen LogP contribution in [0.25, 0.3) is 0 Å². The van der Waals surface area contributed by atoms with Gasteiger partial charge in [-0.05, 0) is 12.8 Å². The third kappa shape index (κ3) is 2.37. The molecule has 1 aliphatic carbocycles. The van der Waals surface area contributed by atoms with Crippen molar-refractivity contribution in [2.24, 2.45) is 0 Å². The van der Waals surface area contributed by atoms with Crippen molar-refractivity contribution in [1.29, 1.82) is 0 Å². The van der Waals surface area contributed by atoms with E-state index in [1.807, 2.05) is 12.2 Å². The van der Waals surface area contributed by atoms with E-state index in [1.54, 1.807) is 6.08 Å². The summed E-state index contributed by atoms with van der Waals surface area (Å²) >= 11 is 1.52. The van der Waals surface area contributed by atoms with Crippen molar-refractivity contribution in [1.82, 2.24) is 0 Å². The normalized spacial score (nSPS) is 18.3. The molecule has 0 atom stereocenters. The molecule has 0 radical (unpaired) electrons. The molecule has 0 spiro atoms. The van der Waals surface area contributed by atoms with Crippen molar-refractivity contribution in [2.45, 2.75) is 12.8 Å². The van der Waals surface area contributed by atoms with E-state index in [9.17, 15) is 9.59 Å². The van der Waals surface area contributed by atoms with E-state index in [-0.39, 0.29) is 0 Å². The second kappa shape index (κ2) is 3.81. The summed E-state index contributed by atoms with van der Waals surface area (Å²) in [5.74, 6) is 0. The summed E-state index contributed by atoms with van der Waals surface area (Å²) in [4.78, 5) is 18.6. The number of rotatable bonds is 2. The Labute approximate surface area is 80.4 Å². The monoisotopic (exact) mass is 284 g/mol. The van der Waals surface area contributed by atoms with Gasteiger partial charge in [0.15, 0.2) is 0 Å². The summed E-state index contributed by atoms with van der Waals surface area (Å²) in [6.45, 7) is 0. The van der Waals surface area contributed by atoms with Gasteiger partial charge in [0.05, 0.1) is 0 Å². The average molecular weight is 284 g/mol. The Morgan fingerprint density at radius 2 is 2.18 bits per heavy atom. The lowest BCUT2D eigenvalue weighted by atomic mass is 10.2. The first-order valence-corrected chi connectivity index (χ1v) is 5.97. The smallest absolute Gasteiger partial charge is 0.386 e. The summed E-state index contributed by atoms with van der Waals surface area (Å²) < 4.78 is 4.58. The van der Waals surface area contributed by atoms with Crippen molar-refractivity contribution in [3.63, 3.8) is 0 Å². The molecule has 1 aliphatic rings. The lowest BCUT2D eigenvalue weighted by molar-refractivity contribution is 0.288. The van der Waals surface area contributed by atoms with E-state index in [1.165, 1.54) is 23.0 Å². The predicted octanol–water partition coefficient (Wildman–Crippen LogP) is 1.09. The minimum absolute atomic E-state index is 0.540. The highest BCUT2D eigenvalue weighted by Gasteiger charge is 2.36. The van der Waals surface area contributed by atoms with Crippen LogP contribution in [-0.2, 0) is 2.76 Å².